The molecule has 1 fully saturated rings. The third-order valence-electron chi connectivity index (χ3n) is 4.38. The third-order valence-corrected chi connectivity index (χ3v) is 4.38. The maximum Gasteiger partial charge on any atom is 0.119 e. The summed E-state index contributed by atoms with van der Waals surface area (Å²) in [5, 5.41) is 3.42. The van der Waals surface area contributed by atoms with Crippen LogP contribution in [0.2, 0.25) is 0 Å². The van der Waals surface area contributed by atoms with Crippen molar-refractivity contribution in [3.63, 3.8) is 0 Å². The van der Waals surface area contributed by atoms with E-state index < -0.39 is 0 Å². The van der Waals surface area contributed by atoms with E-state index in [0.717, 1.165) is 37.3 Å². The SMILES string of the molecule is CC(C)NCc1ccc(OCCN2CC(C)C(C)C2)cc1. The van der Waals surface area contributed by atoms with Gasteiger partial charge in [-0.3, -0.25) is 4.90 Å². The van der Waals surface area contributed by atoms with Gasteiger partial charge in [-0.25, -0.2) is 0 Å². The second-order valence-corrected chi connectivity index (χ2v) is 6.74. The average molecular weight is 290 g/mol. The smallest absolute Gasteiger partial charge is 0.119 e. The summed E-state index contributed by atoms with van der Waals surface area (Å²) in [5.41, 5.74) is 1.30. The first-order valence-electron chi connectivity index (χ1n) is 8.22. The number of nitrogens with zero attached hydrogens (tertiary/aromatic N) is 1. The first kappa shape index (κ1) is 16.3. The van der Waals surface area contributed by atoms with Gasteiger partial charge in [-0.1, -0.05) is 39.8 Å². The summed E-state index contributed by atoms with van der Waals surface area (Å²) < 4.78 is 5.86. The Balaban J connectivity index is 1.69. The lowest BCUT2D eigenvalue weighted by molar-refractivity contribution is 0.232. The Kier molecular flexibility index (Phi) is 6.07. The Morgan fingerprint density at radius 3 is 2.33 bits per heavy atom. The maximum absolute atomic E-state index is 5.86. The highest BCUT2D eigenvalue weighted by Gasteiger charge is 2.25. The van der Waals surface area contributed by atoms with E-state index >= 15 is 0 Å². The quantitative estimate of drug-likeness (QED) is 0.835. The summed E-state index contributed by atoms with van der Waals surface area (Å²) >= 11 is 0. The van der Waals surface area contributed by atoms with E-state index in [1.165, 1.54) is 18.7 Å². The Labute approximate surface area is 129 Å². The number of hydrogen-bond donors (Lipinski definition) is 1. The fourth-order valence-electron chi connectivity index (χ4n) is 2.75. The fraction of sp³-hybridized carbons (Fsp3) is 0.667. The van der Waals surface area contributed by atoms with Crippen LogP contribution in [0.3, 0.4) is 0 Å². The molecule has 2 atom stereocenters. The zero-order valence-corrected chi connectivity index (χ0v) is 13.9. The van der Waals surface area contributed by atoms with Crippen molar-refractivity contribution in [1.82, 2.24) is 10.2 Å². The van der Waals surface area contributed by atoms with Gasteiger partial charge >= 0.3 is 0 Å². The molecule has 2 rings (SSSR count). The van der Waals surface area contributed by atoms with Crippen LogP contribution < -0.4 is 10.1 Å². The van der Waals surface area contributed by atoms with Gasteiger partial charge in [-0.2, -0.15) is 0 Å². The molecule has 1 aromatic carbocycles. The van der Waals surface area contributed by atoms with E-state index in [4.69, 9.17) is 4.74 Å². The Bertz CT molecular complexity index is 406. The summed E-state index contributed by atoms with van der Waals surface area (Å²) in [6.45, 7) is 14.2. The van der Waals surface area contributed by atoms with Crippen molar-refractivity contribution in [2.75, 3.05) is 26.2 Å². The van der Waals surface area contributed by atoms with Gasteiger partial charge in [0.15, 0.2) is 0 Å². The second-order valence-electron chi connectivity index (χ2n) is 6.74. The molecule has 118 valence electrons. The molecule has 1 saturated heterocycles. The van der Waals surface area contributed by atoms with E-state index in [-0.39, 0.29) is 0 Å². The van der Waals surface area contributed by atoms with E-state index in [1.807, 2.05) is 0 Å². The third kappa shape index (κ3) is 5.33. The summed E-state index contributed by atoms with van der Waals surface area (Å²) in [6.07, 6.45) is 0. The Morgan fingerprint density at radius 2 is 1.76 bits per heavy atom. The van der Waals surface area contributed by atoms with Crippen LogP contribution in [-0.2, 0) is 6.54 Å². The van der Waals surface area contributed by atoms with Crippen molar-refractivity contribution in [1.29, 1.82) is 0 Å². The molecular weight excluding hydrogens is 260 g/mol. The molecule has 0 bridgehead atoms. The zero-order valence-electron chi connectivity index (χ0n) is 13.9. The molecule has 1 heterocycles. The van der Waals surface area contributed by atoms with Gasteiger partial charge in [0.1, 0.15) is 12.4 Å². The fourth-order valence-corrected chi connectivity index (χ4v) is 2.75. The summed E-state index contributed by atoms with van der Waals surface area (Å²) in [5.74, 6) is 2.61. The zero-order chi connectivity index (χ0) is 15.2. The van der Waals surface area contributed by atoms with Crippen LogP contribution in [0, 0.1) is 11.8 Å². The van der Waals surface area contributed by atoms with E-state index in [9.17, 15) is 0 Å². The molecule has 1 aliphatic heterocycles. The van der Waals surface area contributed by atoms with Crippen molar-refractivity contribution in [2.24, 2.45) is 11.8 Å². The standard InChI is InChI=1S/C18H30N2O/c1-14(2)19-11-17-5-7-18(8-6-17)21-10-9-20-12-15(3)16(4)13-20/h5-8,14-16,19H,9-13H2,1-4H3. The molecule has 0 amide bonds. The van der Waals surface area contributed by atoms with Crippen molar-refractivity contribution in [2.45, 2.75) is 40.3 Å². The van der Waals surface area contributed by atoms with Gasteiger partial charge in [0.05, 0.1) is 0 Å². The minimum absolute atomic E-state index is 0.520. The highest BCUT2D eigenvalue weighted by molar-refractivity contribution is 5.27. The van der Waals surface area contributed by atoms with Crippen LogP contribution in [0.1, 0.15) is 33.3 Å². The van der Waals surface area contributed by atoms with E-state index in [2.05, 4.69) is 62.2 Å². The van der Waals surface area contributed by atoms with Crippen LogP contribution in [0.15, 0.2) is 24.3 Å². The van der Waals surface area contributed by atoms with Crippen LogP contribution in [0.5, 0.6) is 5.75 Å². The molecule has 0 saturated carbocycles. The largest absolute Gasteiger partial charge is 0.492 e. The summed E-state index contributed by atoms with van der Waals surface area (Å²) in [4.78, 5) is 2.51. The minimum Gasteiger partial charge on any atom is -0.492 e. The van der Waals surface area contributed by atoms with Gasteiger partial charge in [-0.15, -0.1) is 0 Å². The molecule has 1 aromatic rings. The highest BCUT2D eigenvalue weighted by Crippen LogP contribution is 2.21. The molecule has 0 spiro atoms. The number of nitrogens with one attached hydrogen (secondary N) is 1. The molecule has 3 nitrogen and oxygen atoms in total. The van der Waals surface area contributed by atoms with Crippen molar-refractivity contribution < 1.29 is 4.74 Å². The second kappa shape index (κ2) is 7.81. The highest BCUT2D eigenvalue weighted by atomic mass is 16.5. The lowest BCUT2D eigenvalue weighted by atomic mass is 10.0. The van der Waals surface area contributed by atoms with Gasteiger partial charge in [0, 0.05) is 32.2 Å². The van der Waals surface area contributed by atoms with Crippen LogP contribution in [0.25, 0.3) is 0 Å². The van der Waals surface area contributed by atoms with Gasteiger partial charge < -0.3 is 10.1 Å². The van der Waals surface area contributed by atoms with Crippen LogP contribution in [0.4, 0.5) is 0 Å². The van der Waals surface area contributed by atoms with E-state index in [0.29, 0.717) is 6.04 Å². The normalized spacial score (nSPS) is 22.9. The van der Waals surface area contributed by atoms with Crippen LogP contribution >= 0.6 is 0 Å². The van der Waals surface area contributed by atoms with Crippen LogP contribution in [-0.4, -0.2) is 37.2 Å². The summed E-state index contributed by atoms with van der Waals surface area (Å²) in [6, 6.07) is 8.96. The van der Waals surface area contributed by atoms with Crippen molar-refractivity contribution in [3.05, 3.63) is 29.8 Å². The predicted molar refractivity (Wildman–Crippen MR) is 88.7 cm³/mol. The molecule has 0 radical (unpaired) electrons. The van der Waals surface area contributed by atoms with Gasteiger partial charge in [0.2, 0.25) is 0 Å². The first-order valence-corrected chi connectivity index (χ1v) is 8.22. The number of likely N-dealkylation sites (tertiary alicyclic amines) is 1. The average Bonchev–Trinajstić information content (AvgIpc) is 2.77. The lowest BCUT2D eigenvalue weighted by Gasteiger charge is -2.16. The molecule has 2 unspecified atom stereocenters. The maximum atomic E-state index is 5.86. The van der Waals surface area contributed by atoms with Crippen molar-refractivity contribution >= 4 is 0 Å². The van der Waals surface area contributed by atoms with E-state index in [1.54, 1.807) is 0 Å². The molecule has 1 N–H and O–H groups in total. The van der Waals surface area contributed by atoms with Crippen molar-refractivity contribution in [3.8, 4) is 5.75 Å². The molecule has 3 heteroatoms. The first-order chi connectivity index (χ1) is 10.0. The topological polar surface area (TPSA) is 24.5 Å². The molecule has 21 heavy (non-hydrogen) atoms. The van der Waals surface area contributed by atoms with Gasteiger partial charge in [0.25, 0.3) is 0 Å². The Morgan fingerprint density at radius 1 is 1.14 bits per heavy atom. The molecule has 0 aliphatic carbocycles. The number of hydrogen-bond acceptors (Lipinski definition) is 3. The number of rotatable bonds is 7. The number of benzene rings is 1. The lowest BCUT2D eigenvalue weighted by Crippen LogP contribution is -2.26. The molecule has 0 aromatic heterocycles. The molecule has 1 aliphatic rings. The minimum atomic E-state index is 0.520. The monoisotopic (exact) mass is 290 g/mol. The molecular formula is C18H30N2O. The number of ether oxygens (including phenoxy) is 1. The Hall–Kier alpha value is -1.06. The summed E-state index contributed by atoms with van der Waals surface area (Å²) in [7, 11) is 0. The predicted octanol–water partition coefficient (Wildman–Crippen LogP) is 3.15. The van der Waals surface area contributed by atoms with Gasteiger partial charge in [-0.05, 0) is 29.5 Å².